The topological polar surface area (TPSA) is 45.2 Å². The summed E-state index contributed by atoms with van der Waals surface area (Å²) in [6.07, 6.45) is 2.97. The van der Waals surface area contributed by atoms with Crippen LogP contribution < -0.4 is 5.32 Å². The Hall–Kier alpha value is -1.88. The monoisotopic (exact) mass is 315 g/mol. The molecule has 116 valence electrons. The van der Waals surface area contributed by atoms with Gasteiger partial charge in [-0.1, -0.05) is 19.9 Å². The Bertz CT molecular complexity index is 631. The minimum atomic E-state index is 0.126. The lowest BCUT2D eigenvalue weighted by atomic mass is 9.91. The second kappa shape index (κ2) is 6.48. The number of carbonyl (C=O) groups excluding carboxylic acids is 1. The lowest BCUT2D eigenvalue weighted by Gasteiger charge is -2.35. The van der Waals surface area contributed by atoms with Gasteiger partial charge in [0.05, 0.1) is 0 Å². The molecule has 1 saturated heterocycles. The number of hydrogen-bond donors (Lipinski definition) is 1. The third-order valence-electron chi connectivity index (χ3n) is 3.95. The smallest absolute Gasteiger partial charge is 0.253 e. The molecule has 4 nitrogen and oxygen atoms in total. The molecule has 0 bridgehead atoms. The lowest BCUT2D eigenvalue weighted by Crippen LogP contribution is -2.42. The van der Waals surface area contributed by atoms with E-state index in [2.05, 4.69) is 24.1 Å². The number of thiazole rings is 1. The standard InChI is InChI=1S/C17H21N3OS/c1-12-8-13(2)11-20(10-12)16(21)14-4-3-5-15(9-14)19-17-18-6-7-22-17/h3-7,9,12-13H,8,10-11H2,1-2H3,(H,18,19). The summed E-state index contributed by atoms with van der Waals surface area (Å²) in [5.41, 5.74) is 1.64. The number of rotatable bonds is 3. The van der Waals surface area contributed by atoms with E-state index < -0.39 is 0 Å². The first-order valence-electron chi connectivity index (χ1n) is 7.67. The number of anilines is 2. The molecule has 1 aromatic heterocycles. The van der Waals surface area contributed by atoms with Gasteiger partial charge in [0, 0.05) is 35.9 Å². The molecule has 2 heterocycles. The number of amides is 1. The zero-order valence-electron chi connectivity index (χ0n) is 13.0. The summed E-state index contributed by atoms with van der Waals surface area (Å²) >= 11 is 1.54. The van der Waals surface area contributed by atoms with Crippen LogP contribution in [0.4, 0.5) is 10.8 Å². The summed E-state index contributed by atoms with van der Waals surface area (Å²) in [6, 6.07) is 7.67. The SMILES string of the molecule is CC1CC(C)CN(C(=O)c2cccc(Nc3nccs3)c2)C1. The predicted molar refractivity (Wildman–Crippen MR) is 90.7 cm³/mol. The van der Waals surface area contributed by atoms with Gasteiger partial charge in [-0.2, -0.15) is 0 Å². The first-order valence-corrected chi connectivity index (χ1v) is 8.55. The normalized spacial score (nSPS) is 21.6. The first-order chi connectivity index (χ1) is 10.6. The van der Waals surface area contributed by atoms with Gasteiger partial charge in [-0.05, 0) is 36.5 Å². The highest BCUT2D eigenvalue weighted by molar-refractivity contribution is 7.13. The molecule has 2 aromatic rings. The molecule has 22 heavy (non-hydrogen) atoms. The van der Waals surface area contributed by atoms with Crippen molar-refractivity contribution in [1.29, 1.82) is 0 Å². The van der Waals surface area contributed by atoms with Crippen LogP contribution in [-0.4, -0.2) is 28.9 Å². The summed E-state index contributed by atoms with van der Waals surface area (Å²) in [5, 5.41) is 6.00. The molecular weight excluding hydrogens is 294 g/mol. The molecule has 1 aliphatic heterocycles. The third-order valence-corrected chi connectivity index (χ3v) is 4.64. The van der Waals surface area contributed by atoms with Crippen molar-refractivity contribution in [2.24, 2.45) is 11.8 Å². The van der Waals surface area contributed by atoms with Crippen LogP contribution in [0.2, 0.25) is 0 Å². The number of aromatic nitrogens is 1. The Labute approximate surface area is 135 Å². The number of piperidine rings is 1. The average Bonchev–Trinajstić information content (AvgIpc) is 2.98. The van der Waals surface area contributed by atoms with Gasteiger partial charge in [-0.25, -0.2) is 4.98 Å². The average molecular weight is 315 g/mol. The van der Waals surface area contributed by atoms with Gasteiger partial charge in [-0.3, -0.25) is 4.79 Å². The van der Waals surface area contributed by atoms with E-state index >= 15 is 0 Å². The Morgan fingerprint density at radius 3 is 2.77 bits per heavy atom. The van der Waals surface area contributed by atoms with Crippen LogP contribution in [-0.2, 0) is 0 Å². The quantitative estimate of drug-likeness (QED) is 0.931. The maximum atomic E-state index is 12.7. The van der Waals surface area contributed by atoms with E-state index in [4.69, 9.17) is 0 Å². The second-order valence-corrected chi connectivity index (χ2v) is 7.09. The fourth-order valence-corrected chi connectivity index (χ4v) is 3.70. The maximum absolute atomic E-state index is 12.7. The minimum absolute atomic E-state index is 0.126. The maximum Gasteiger partial charge on any atom is 0.253 e. The van der Waals surface area contributed by atoms with Gasteiger partial charge in [0.15, 0.2) is 5.13 Å². The van der Waals surface area contributed by atoms with Crippen LogP contribution in [0.25, 0.3) is 0 Å². The third kappa shape index (κ3) is 3.47. The van der Waals surface area contributed by atoms with Crippen molar-refractivity contribution in [3.63, 3.8) is 0 Å². The van der Waals surface area contributed by atoms with Gasteiger partial charge in [0.2, 0.25) is 0 Å². The number of likely N-dealkylation sites (tertiary alicyclic amines) is 1. The summed E-state index contributed by atoms with van der Waals surface area (Å²) in [5.74, 6) is 1.27. The highest BCUT2D eigenvalue weighted by Crippen LogP contribution is 2.24. The molecule has 0 spiro atoms. The molecule has 2 atom stereocenters. The Balaban J connectivity index is 1.75. The van der Waals surface area contributed by atoms with Gasteiger partial charge in [-0.15, -0.1) is 11.3 Å². The molecule has 0 radical (unpaired) electrons. The highest BCUT2D eigenvalue weighted by Gasteiger charge is 2.26. The highest BCUT2D eigenvalue weighted by atomic mass is 32.1. The molecule has 0 saturated carbocycles. The summed E-state index contributed by atoms with van der Waals surface area (Å²) in [4.78, 5) is 18.9. The van der Waals surface area contributed by atoms with Crippen LogP contribution in [0.1, 0.15) is 30.6 Å². The van der Waals surface area contributed by atoms with Crippen LogP contribution in [0, 0.1) is 11.8 Å². The van der Waals surface area contributed by atoms with E-state index in [1.165, 1.54) is 6.42 Å². The van der Waals surface area contributed by atoms with E-state index in [0.717, 1.165) is 29.5 Å². The van der Waals surface area contributed by atoms with Crippen molar-refractivity contribution >= 4 is 28.1 Å². The van der Waals surface area contributed by atoms with Crippen molar-refractivity contribution in [3.05, 3.63) is 41.4 Å². The van der Waals surface area contributed by atoms with Crippen molar-refractivity contribution in [1.82, 2.24) is 9.88 Å². The fourth-order valence-electron chi connectivity index (χ4n) is 3.15. The Kier molecular flexibility index (Phi) is 4.43. The van der Waals surface area contributed by atoms with E-state index in [1.807, 2.05) is 34.5 Å². The molecule has 1 amide bonds. The number of nitrogens with one attached hydrogen (secondary N) is 1. The van der Waals surface area contributed by atoms with Crippen molar-refractivity contribution < 1.29 is 4.79 Å². The molecule has 1 aromatic carbocycles. The molecular formula is C17H21N3OS. The zero-order valence-corrected chi connectivity index (χ0v) is 13.8. The predicted octanol–water partition coefficient (Wildman–Crippen LogP) is 4.00. The molecule has 1 aliphatic rings. The number of carbonyl (C=O) groups is 1. The van der Waals surface area contributed by atoms with Gasteiger partial charge < -0.3 is 10.2 Å². The van der Waals surface area contributed by atoms with E-state index in [-0.39, 0.29) is 5.91 Å². The summed E-state index contributed by atoms with van der Waals surface area (Å²) < 4.78 is 0. The van der Waals surface area contributed by atoms with E-state index in [0.29, 0.717) is 11.8 Å². The zero-order chi connectivity index (χ0) is 15.5. The molecule has 0 aliphatic carbocycles. The molecule has 5 heteroatoms. The number of nitrogens with zero attached hydrogens (tertiary/aromatic N) is 2. The van der Waals surface area contributed by atoms with Gasteiger partial charge in [0.25, 0.3) is 5.91 Å². The Morgan fingerprint density at radius 2 is 2.09 bits per heavy atom. The molecule has 1 N–H and O–H groups in total. The van der Waals surface area contributed by atoms with E-state index in [1.54, 1.807) is 17.5 Å². The van der Waals surface area contributed by atoms with Crippen molar-refractivity contribution in [2.75, 3.05) is 18.4 Å². The number of hydrogen-bond acceptors (Lipinski definition) is 4. The van der Waals surface area contributed by atoms with Crippen molar-refractivity contribution in [3.8, 4) is 0 Å². The second-order valence-electron chi connectivity index (χ2n) is 6.20. The van der Waals surface area contributed by atoms with E-state index in [9.17, 15) is 4.79 Å². The van der Waals surface area contributed by atoms with Gasteiger partial charge in [0.1, 0.15) is 0 Å². The summed E-state index contributed by atoms with van der Waals surface area (Å²) in [6.45, 7) is 6.15. The van der Waals surface area contributed by atoms with Crippen molar-refractivity contribution in [2.45, 2.75) is 20.3 Å². The van der Waals surface area contributed by atoms with Gasteiger partial charge >= 0.3 is 0 Å². The fraction of sp³-hybridized carbons (Fsp3) is 0.412. The number of benzene rings is 1. The van der Waals surface area contributed by atoms with Crippen LogP contribution in [0.3, 0.4) is 0 Å². The first kappa shape index (κ1) is 15.0. The molecule has 2 unspecified atom stereocenters. The molecule has 1 fully saturated rings. The molecule has 3 rings (SSSR count). The Morgan fingerprint density at radius 1 is 1.32 bits per heavy atom. The van der Waals surface area contributed by atoms with Crippen LogP contribution in [0.15, 0.2) is 35.8 Å². The minimum Gasteiger partial charge on any atom is -0.338 e. The van der Waals surface area contributed by atoms with Crippen LogP contribution in [0.5, 0.6) is 0 Å². The largest absolute Gasteiger partial charge is 0.338 e. The summed E-state index contributed by atoms with van der Waals surface area (Å²) in [7, 11) is 0. The lowest BCUT2D eigenvalue weighted by molar-refractivity contribution is 0.0623. The van der Waals surface area contributed by atoms with Crippen LogP contribution >= 0.6 is 11.3 Å².